The van der Waals surface area contributed by atoms with E-state index >= 15 is 0 Å². The molecule has 0 saturated heterocycles. The van der Waals surface area contributed by atoms with Crippen LogP contribution < -0.4 is 15.5 Å². The van der Waals surface area contributed by atoms with E-state index in [1.165, 1.54) is 6.21 Å². The number of rotatable bonds is 7. The van der Waals surface area contributed by atoms with Crippen LogP contribution >= 0.6 is 15.9 Å². The van der Waals surface area contributed by atoms with Crippen LogP contribution in [0.15, 0.2) is 101 Å². The molecule has 2 amide bonds. The summed E-state index contributed by atoms with van der Waals surface area (Å²) >= 11 is 3.40. The standard InChI is InChI=1S/C30H24BrN3O4/c1-19-10-12-21(13-11-19)28(35)33-26-9-4-3-8-25(26)29(36)34-32-18-23-17-24(31)14-15-27(23)38-30(37)22-7-5-6-20(2)16-22/h3-18H,1-2H3,(H,33,35)(H,34,36)/b32-18-. The minimum Gasteiger partial charge on any atom is -0.422 e. The number of para-hydroxylation sites is 1. The molecule has 0 saturated carbocycles. The molecule has 0 spiro atoms. The van der Waals surface area contributed by atoms with Crippen LogP contribution in [-0.4, -0.2) is 24.0 Å². The molecule has 0 radical (unpaired) electrons. The summed E-state index contributed by atoms with van der Waals surface area (Å²) in [5.74, 6) is -1.08. The number of anilines is 1. The Hall–Kier alpha value is -4.56. The predicted octanol–water partition coefficient (Wildman–Crippen LogP) is 6.30. The number of nitrogens with one attached hydrogen (secondary N) is 2. The molecule has 0 heterocycles. The van der Waals surface area contributed by atoms with Gasteiger partial charge in [-0.3, -0.25) is 9.59 Å². The third-order valence-corrected chi connectivity index (χ3v) is 6.02. The molecule has 190 valence electrons. The van der Waals surface area contributed by atoms with Crippen molar-refractivity contribution in [2.24, 2.45) is 5.10 Å². The van der Waals surface area contributed by atoms with Crippen LogP contribution in [0, 0.1) is 13.8 Å². The summed E-state index contributed by atoms with van der Waals surface area (Å²) in [5.41, 5.74) is 6.42. The van der Waals surface area contributed by atoms with Crippen molar-refractivity contribution in [1.29, 1.82) is 0 Å². The van der Waals surface area contributed by atoms with Crippen molar-refractivity contribution in [2.45, 2.75) is 13.8 Å². The van der Waals surface area contributed by atoms with Crippen LogP contribution in [0.4, 0.5) is 5.69 Å². The second kappa shape index (κ2) is 12.1. The lowest BCUT2D eigenvalue weighted by molar-refractivity contribution is 0.0733. The largest absolute Gasteiger partial charge is 0.422 e. The smallest absolute Gasteiger partial charge is 0.343 e. The third kappa shape index (κ3) is 6.80. The van der Waals surface area contributed by atoms with Crippen LogP contribution in [0.3, 0.4) is 0 Å². The number of aryl methyl sites for hydroxylation is 2. The Morgan fingerprint density at radius 2 is 1.55 bits per heavy atom. The molecule has 8 heteroatoms. The molecule has 2 N–H and O–H groups in total. The molecular weight excluding hydrogens is 546 g/mol. The van der Waals surface area contributed by atoms with Crippen LogP contribution in [0.25, 0.3) is 0 Å². The molecular formula is C30H24BrN3O4. The normalized spacial score (nSPS) is 10.7. The van der Waals surface area contributed by atoms with Crippen molar-refractivity contribution >= 4 is 45.6 Å². The monoisotopic (exact) mass is 569 g/mol. The second-order valence-electron chi connectivity index (χ2n) is 8.51. The van der Waals surface area contributed by atoms with Gasteiger partial charge in [-0.15, -0.1) is 0 Å². The number of esters is 1. The van der Waals surface area contributed by atoms with E-state index in [0.29, 0.717) is 22.4 Å². The minimum atomic E-state index is -0.519. The maximum atomic E-state index is 12.9. The highest BCUT2D eigenvalue weighted by Crippen LogP contribution is 2.23. The molecule has 0 aliphatic heterocycles. The van der Waals surface area contributed by atoms with Crippen LogP contribution in [-0.2, 0) is 0 Å². The molecule has 0 unspecified atom stereocenters. The Balaban J connectivity index is 1.47. The number of benzene rings is 4. The van der Waals surface area contributed by atoms with Crippen LogP contribution in [0.1, 0.15) is 47.8 Å². The zero-order valence-electron chi connectivity index (χ0n) is 20.7. The highest BCUT2D eigenvalue weighted by atomic mass is 79.9. The first-order chi connectivity index (χ1) is 18.3. The second-order valence-corrected chi connectivity index (χ2v) is 9.42. The molecule has 7 nitrogen and oxygen atoms in total. The Morgan fingerprint density at radius 1 is 0.789 bits per heavy atom. The van der Waals surface area contributed by atoms with Crippen molar-refractivity contribution in [3.8, 4) is 5.75 Å². The molecule has 4 rings (SSSR count). The fourth-order valence-corrected chi connectivity index (χ4v) is 3.93. The highest BCUT2D eigenvalue weighted by molar-refractivity contribution is 9.10. The highest BCUT2D eigenvalue weighted by Gasteiger charge is 2.15. The molecule has 38 heavy (non-hydrogen) atoms. The lowest BCUT2D eigenvalue weighted by atomic mass is 10.1. The molecule has 0 aromatic heterocycles. The van der Waals surface area contributed by atoms with Gasteiger partial charge in [0.05, 0.1) is 23.0 Å². The molecule has 0 aliphatic carbocycles. The first-order valence-electron chi connectivity index (χ1n) is 11.7. The van der Waals surface area contributed by atoms with Crippen molar-refractivity contribution in [1.82, 2.24) is 5.43 Å². The maximum absolute atomic E-state index is 12.9. The van der Waals surface area contributed by atoms with Gasteiger partial charge in [-0.05, 0) is 68.4 Å². The van der Waals surface area contributed by atoms with E-state index in [-0.39, 0.29) is 17.2 Å². The summed E-state index contributed by atoms with van der Waals surface area (Å²) in [5, 5.41) is 6.83. The average Bonchev–Trinajstić information content (AvgIpc) is 2.90. The average molecular weight is 570 g/mol. The summed E-state index contributed by atoms with van der Waals surface area (Å²) in [6, 6.07) is 26.0. The first kappa shape index (κ1) is 26.5. The van der Waals surface area contributed by atoms with Gasteiger partial charge in [-0.2, -0.15) is 5.10 Å². The molecule has 0 bridgehead atoms. The molecule has 0 aliphatic rings. The van der Waals surface area contributed by atoms with Gasteiger partial charge in [0.25, 0.3) is 11.8 Å². The summed E-state index contributed by atoms with van der Waals surface area (Å²) in [7, 11) is 0. The lowest BCUT2D eigenvalue weighted by Gasteiger charge is -2.10. The number of carbonyl (C=O) groups excluding carboxylic acids is 3. The fourth-order valence-electron chi connectivity index (χ4n) is 3.55. The van der Waals surface area contributed by atoms with Gasteiger partial charge in [-0.25, -0.2) is 10.2 Å². The van der Waals surface area contributed by atoms with E-state index in [0.717, 1.165) is 15.6 Å². The maximum Gasteiger partial charge on any atom is 0.343 e. The number of hydrogen-bond acceptors (Lipinski definition) is 5. The summed E-state index contributed by atoms with van der Waals surface area (Å²) in [4.78, 5) is 38.2. The Labute approximate surface area is 228 Å². The first-order valence-corrected chi connectivity index (χ1v) is 12.5. The van der Waals surface area contributed by atoms with Gasteiger partial charge in [0, 0.05) is 15.6 Å². The van der Waals surface area contributed by atoms with Crippen molar-refractivity contribution in [3.63, 3.8) is 0 Å². The lowest BCUT2D eigenvalue weighted by Crippen LogP contribution is -2.21. The number of halogens is 1. The van der Waals surface area contributed by atoms with Gasteiger partial charge in [0.2, 0.25) is 0 Å². The number of hydrogen-bond donors (Lipinski definition) is 2. The predicted molar refractivity (Wildman–Crippen MR) is 151 cm³/mol. The molecule has 4 aromatic carbocycles. The van der Waals surface area contributed by atoms with Crippen molar-refractivity contribution in [2.75, 3.05) is 5.32 Å². The Bertz CT molecular complexity index is 1530. The zero-order valence-corrected chi connectivity index (χ0v) is 22.3. The van der Waals surface area contributed by atoms with Crippen LogP contribution in [0.5, 0.6) is 5.75 Å². The number of carbonyl (C=O) groups is 3. The molecule has 0 fully saturated rings. The van der Waals surface area contributed by atoms with Gasteiger partial charge in [-0.1, -0.05) is 63.5 Å². The van der Waals surface area contributed by atoms with Gasteiger partial charge in [0.1, 0.15) is 5.75 Å². The number of ether oxygens (including phenoxy) is 1. The van der Waals surface area contributed by atoms with Crippen molar-refractivity contribution in [3.05, 3.63) is 129 Å². The van der Waals surface area contributed by atoms with E-state index in [1.54, 1.807) is 72.8 Å². The van der Waals surface area contributed by atoms with Crippen LogP contribution in [0.2, 0.25) is 0 Å². The van der Waals surface area contributed by atoms with Gasteiger partial charge < -0.3 is 10.1 Å². The number of hydrazone groups is 1. The topological polar surface area (TPSA) is 96.9 Å². The minimum absolute atomic E-state index is 0.241. The van der Waals surface area contributed by atoms with E-state index in [4.69, 9.17) is 4.74 Å². The Morgan fingerprint density at radius 3 is 2.32 bits per heavy atom. The van der Waals surface area contributed by atoms with E-state index in [2.05, 4.69) is 31.8 Å². The molecule has 0 atom stereocenters. The number of amides is 2. The summed E-state index contributed by atoms with van der Waals surface area (Å²) < 4.78 is 6.33. The third-order valence-electron chi connectivity index (χ3n) is 5.53. The molecule has 4 aromatic rings. The summed E-state index contributed by atoms with van der Waals surface area (Å²) in [6.45, 7) is 3.83. The van der Waals surface area contributed by atoms with E-state index in [9.17, 15) is 14.4 Å². The van der Waals surface area contributed by atoms with Gasteiger partial charge in [0.15, 0.2) is 0 Å². The SMILES string of the molecule is Cc1ccc(C(=O)Nc2ccccc2C(=O)N/N=C\c2cc(Br)ccc2OC(=O)c2cccc(C)c2)cc1. The Kier molecular flexibility index (Phi) is 8.45. The quantitative estimate of drug-likeness (QED) is 0.118. The van der Waals surface area contributed by atoms with Gasteiger partial charge >= 0.3 is 5.97 Å². The zero-order chi connectivity index (χ0) is 27.1. The number of nitrogens with zero attached hydrogens (tertiary/aromatic N) is 1. The fraction of sp³-hybridized carbons (Fsp3) is 0.0667. The van der Waals surface area contributed by atoms with Crippen molar-refractivity contribution < 1.29 is 19.1 Å². The summed E-state index contributed by atoms with van der Waals surface area (Å²) in [6.07, 6.45) is 1.38. The van der Waals surface area contributed by atoms with E-state index in [1.807, 2.05) is 32.0 Å². The van der Waals surface area contributed by atoms with E-state index < -0.39 is 11.9 Å².